The standard InChI is InChI=1S/C14H12BrN3O2S/c15-12-4-3-11(8-16)14(7-12)18-9-10-1-5-13(6-2-10)21(17,19)20/h1-7,18H,9H2,(H2,17,19,20). The second kappa shape index (κ2) is 6.26. The Morgan fingerprint density at radius 2 is 1.86 bits per heavy atom. The molecular formula is C14H12BrN3O2S. The molecule has 0 heterocycles. The van der Waals surface area contributed by atoms with Crippen molar-refractivity contribution in [3.63, 3.8) is 0 Å². The Morgan fingerprint density at radius 1 is 1.19 bits per heavy atom. The van der Waals surface area contributed by atoms with Crippen LogP contribution in [0.1, 0.15) is 11.1 Å². The first-order valence-corrected chi connectivity index (χ1v) is 8.29. The van der Waals surface area contributed by atoms with Gasteiger partial charge >= 0.3 is 0 Å². The second-order valence-electron chi connectivity index (χ2n) is 4.34. The summed E-state index contributed by atoms with van der Waals surface area (Å²) in [5.74, 6) is 0. The maximum absolute atomic E-state index is 11.2. The lowest BCUT2D eigenvalue weighted by Gasteiger charge is -2.09. The Morgan fingerprint density at radius 3 is 2.43 bits per heavy atom. The number of hydrogen-bond acceptors (Lipinski definition) is 4. The number of nitrogens with one attached hydrogen (secondary N) is 1. The maximum Gasteiger partial charge on any atom is 0.238 e. The van der Waals surface area contributed by atoms with Crippen LogP contribution in [0.25, 0.3) is 0 Å². The van der Waals surface area contributed by atoms with Crippen LogP contribution in [0, 0.1) is 11.3 Å². The number of anilines is 1. The molecule has 3 N–H and O–H groups in total. The molecule has 0 amide bonds. The van der Waals surface area contributed by atoms with Crippen LogP contribution >= 0.6 is 15.9 Å². The van der Waals surface area contributed by atoms with Gasteiger partial charge in [-0.3, -0.25) is 0 Å². The van der Waals surface area contributed by atoms with Gasteiger partial charge in [0, 0.05) is 11.0 Å². The Balaban J connectivity index is 2.14. The Bertz CT molecular complexity index is 796. The molecule has 0 spiro atoms. The molecule has 0 aromatic heterocycles. The molecule has 0 aliphatic heterocycles. The lowest BCUT2D eigenvalue weighted by molar-refractivity contribution is 0.598. The SMILES string of the molecule is N#Cc1ccc(Br)cc1NCc1ccc(S(N)(=O)=O)cc1. The average molecular weight is 366 g/mol. The maximum atomic E-state index is 11.2. The highest BCUT2D eigenvalue weighted by molar-refractivity contribution is 9.10. The van der Waals surface area contributed by atoms with E-state index in [4.69, 9.17) is 10.4 Å². The predicted molar refractivity (Wildman–Crippen MR) is 84.0 cm³/mol. The van der Waals surface area contributed by atoms with Crippen LogP contribution in [0.5, 0.6) is 0 Å². The van der Waals surface area contributed by atoms with Gasteiger partial charge in [-0.2, -0.15) is 5.26 Å². The van der Waals surface area contributed by atoms with Gasteiger partial charge in [-0.25, -0.2) is 13.6 Å². The molecule has 108 valence electrons. The number of rotatable bonds is 4. The molecule has 7 heteroatoms. The van der Waals surface area contributed by atoms with Crippen molar-refractivity contribution in [2.24, 2.45) is 5.14 Å². The fourth-order valence-electron chi connectivity index (χ4n) is 1.75. The summed E-state index contributed by atoms with van der Waals surface area (Å²) in [4.78, 5) is 0.0754. The summed E-state index contributed by atoms with van der Waals surface area (Å²) in [6.07, 6.45) is 0. The zero-order valence-electron chi connectivity index (χ0n) is 10.9. The van der Waals surface area contributed by atoms with Gasteiger partial charge in [-0.1, -0.05) is 28.1 Å². The van der Waals surface area contributed by atoms with Crippen molar-refractivity contribution < 1.29 is 8.42 Å². The molecule has 0 aliphatic rings. The van der Waals surface area contributed by atoms with E-state index in [9.17, 15) is 8.42 Å². The highest BCUT2D eigenvalue weighted by atomic mass is 79.9. The highest BCUT2D eigenvalue weighted by Gasteiger charge is 2.07. The van der Waals surface area contributed by atoms with E-state index in [1.165, 1.54) is 12.1 Å². The molecule has 0 fully saturated rings. The summed E-state index contributed by atoms with van der Waals surface area (Å²) in [6, 6.07) is 13.7. The number of benzene rings is 2. The average Bonchev–Trinajstić information content (AvgIpc) is 2.45. The van der Waals surface area contributed by atoms with Gasteiger partial charge in [0.1, 0.15) is 6.07 Å². The van der Waals surface area contributed by atoms with E-state index in [1.54, 1.807) is 24.3 Å². The van der Waals surface area contributed by atoms with Crippen LogP contribution in [0.4, 0.5) is 5.69 Å². The van der Waals surface area contributed by atoms with Gasteiger partial charge < -0.3 is 5.32 Å². The number of halogens is 1. The predicted octanol–water partition coefficient (Wildman–Crippen LogP) is 2.58. The number of nitrogens with two attached hydrogens (primary N) is 1. The summed E-state index contributed by atoms with van der Waals surface area (Å²) in [5, 5.41) is 17.2. The molecule has 5 nitrogen and oxygen atoms in total. The summed E-state index contributed by atoms with van der Waals surface area (Å²) < 4.78 is 23.2. The smallest absolute Gasteiger partial charge is 0.238 e. The van der Waals surface area contributed by atoms with Crippen molar-refractivity contribution in [1.29, 1.82) is 5.26 Å². The number of primary sulfonamides is 1. The van der Waals surface area contributed by atoms with Crippen LogP contribution < -0.4 is 10.5 Å². The van der Waals surface area contributed by atoms with Crippen LogP contribution in [-0.2, 0) is 16.6 Å². The largest absolute Gasteiger partial charge is 0.380 e. The summed E-state index contributed by atoms with van der Waals surface area (Å²) in [5.41, 5.74) is 2.13. The quantitative estimate of drug-likeness (QED) is 0.869. The molecule has 21 heavy (non-hydrogen) atoms. The zero-order chi connectivity index (χ0) is 15.5. The van der Waals surface area contributed by atoms with Crippen molar-refractivity contribution in [3.05, 3.63) is 58.1 Å². The Labute approximate surface area is 131 Å². The first-order chi connectivity index (χ1) is 9.90. The van der Waals surface area contributed by atoms with E-state index in [2.05, 4.69) is 27.3 Å². The molecule has 0 saturated carbocycles. The van der Waals surface area contributed by atoms with E-state index in [1.807, 2.05) is 6.07 Å². The van der Waals surface area contributed by atoms with Gasteiger partial charge in [0.2, 0.25) is 10.0 Å². The first-order valence-electron chi connectivity index (χ1n) is 5.95. The first kappa shape index (κ1) is 15.5. The monoisotopic (exact) mass is 365 g/mol. The van der Waals surface area contributed by atoms with E-state index in [0.717, 1.165) is 10.0 Å². The van der Waals surface area contributed by atoms with Crippen molar-refractivity contribution in [2.75, 3.05) is 5.32 Å². The zero-order valence-corrected chi connectivity index (χ0v) is 13.3. The molecule has 0 bridgehead atoms. The molecule has 2 aromatic carbocycles. The Hall–Kier alpha value is -1.88. The number of nitrogens with zero attached hydrogens (tertiary/aromatic N) is 1. The van der Waals surface area contributed by atoms with Gasteiger partial charge in [0.05, 0.1) is 16.1 Å². The molecule has 0 aliphatic carbocycles. The highest BCUT2D eigenvalue weighted by Crippen LogP contribution is 2.21. The lowest BCUT2D eigenvalue weighted by Crippen LogP contribution is -2.12. The number of nitriles is 1. The van der Waals surface area contributed by atoms with Crippen molar-refractivity contribution in [3.8, 4) is 6.07 Å². The van der Waals surface area contributed by atoms with Gasteiger partial charge in [0.25, 0.3) is 0 Å². The number of sulfonamides is 1. The normalized spacial score (nSPS) is 10.9. The van der Waals surface area contributed by atoms with E-state index in [0.29, 0.717) is 17.8 Å². The second-order valence-corrected chi connectivity index (χ2v) is 6.82. The molecule has 0 unspecified atom stereocenters. The molecule has 2 rings (SSSR count). The molecule has 2 aromatic rings. The summed E-state index contributed by atoms with van der Waals surface area (Å²) in [6.45, 7) is 0.468. The van der Waals surface area contributed by atoms with E-state index < -0.39 is 10.0 Å². The topological polar surface area (TPSA) is 96.0 Å². The summed E-state index contributed by atoms with van der Waals surface area (Å²) >= 11 is 3.35. The van der Waals surface area contributed by atoms with Crippen LogP contribution in [-0.4, -0.2) is 8.42 Å². The molecular weight excluding hydrogens is 354 g/mol. The minimum atomic E-state index is -3.67. The van der Waals surface area contributed by atoms with E-state index in [-0.39, 0.29) is 4.90 Å². The fraction of sp³-hybridized carbons (Fsp3) is 0.0714. The summed E-state index contributed by atoms with van der Waals surface area (Å²) in [7, 11) is -3.67. The molecule has 0 saturated heterocycles. The third kappa shape index (κ3) is 4.04. The Kier molecular flexibility index (Phi) is 4.63. The number of hydrogen-bond donors (Lipinski definition) is 2. The van der Waals surface area contributed by atoms with Crippen molar-refractivity contribution >= 4 is 31.6 Å². The van der Waals surface area contributed by atoms with Gasteiger partial charge in [0.15, 0.2) is 0 Å². The minimum Gasteiger partial charge on any atom is -0.380 e. The van der Waals surface area contributed by atoms with E-state index >= 15 is 0 Å². The fourth-order valence-corrected chi connectivity index (χ4v) is 2.63. The van der Waals surface area contributed by atoms with Crippen molar-refractivity contribution in [1.82, 2.24) is 0 Å². The van der Waals surface area contributed by atoms with Gasteiger partial charge in [-0.05, 0) is 35.9 Å². The van der Waals surface area contributed by atoms with Crippen LogP contribution in [0.3, 0.4) is 0 Å². The third-order valence-electron chi connectivity index (χ3n) is 2.84. The van der Waals surface area contributed by atoms with Crippen LogP contribution in [0.2, 0.25) is 0 Å². The van der Waals surface area contributed by atoms with Crippen LogP contribution in [0.15, 0.2) is 51.8 Å². The van der Waals surface area contributed by atoms with Crippen molar-refractivity contribution in [2.45, 2.75) is 11.4 Å². The lowest BCUT2D eigenvalue weighted by atomic mass is 10.1. The third-order valence-corrected chi connectivity index (χ3v) is 4.26. The minimum absolute atomic E-state index is 0.0754. The molecule has 0 radical (unpaired) electrons. The van der Waals surface area contributed by atoms with Gasteiger partial charge in [-0.15, -0.1) is 0 Å². The molecule has 0 atom stereocenters.